The Morgan fingerprint density at radius 2 is 1.90 bits per heavy atom. The maximum atomic E-state index is 13.1. The highest BCUT2D eigenvalue weighted by atomic mass is 16.8. The van der Waals surface area contributed by atoms with Gasteiger partial charge in [0.15, 0.2) is 23.0 Å². The molecule has 0 bridgehead atoms. The van der Waals surface area contributed by atoms with Gasteiger partial charge in [0.1, 0.15) is 12.2 Å². The normalized spacial score (nSPS) is 56.4. The SMILES string of the molecule is CC(=O)[C@@]12OC(C)(C)O[C@@H]1C[C@H]1[C@@H]3CCC4=CC(=O)C5OC5[C@]4(C)[C@H]3CC[C@@]12C. The van der Waals surface area contributed by atoms with Crippen molar-refractivity contribution in [1.82, 2.24) is 0 Å². The predicted molar refractivity (Wildman–Crippen MR) is 105 cm³/mol. The molecule has 5 fully saturated rings. The van der Waals surface area contributed by atoms with Gasteiger partial charge >= 0.3 is 0 Å². The van der Waals surface area contributed by atoms with Crippen LogP contribution in [0.2, 0.25) is 0 Å². The first-order chi connectivity index (χ1) is 13.5. The number of ether oxygens (including phenoxy) is 3. The minimum absolute atomic E-state index is 0.0368. The summed E-state index contributed by atoms with van der Waals surface area (Å²) in [6.45, 7) is 10.2. The van der Waals surface area contributed by atoms with Crippen molar-refractivity contribution >= 4 is 11.6 Å². The van der Waals surface area contributed by atoms with Crippen LogP contribution in [0.1, 0.15) is 66.7 Å². The lowest BCUT2D eigenvalue weighted by Gasteiger charge is -2.58. The summed E-state index contributed by atoms with van der Waals surface area (Å²) in [6, 6.07) is 0. The number of rotatable bonds is 1. The van der Waals surface area contributed by atoms with Crippen LogP contribution in [-0.4, -0.2) is 41.3 Å². The van der Waals surface area contributed by atoms with Gasteiger partial charge in [-0.3, -0.25) is 9.59 Å². The van der Waals surface area contributed by atoms with Crippen LogP contribution in [0.15, 0.2) is 11.6 Å². The van der Waals surface area contributed by atoms with Crippen molar-refractivity contribution in [3.63, 3.8) is 0 Å². The second-order valence-electron chi connectivity index (χ2n) is 11.3. The van der Waals surface area contributed by atoms with Crippen LogP contribution >= 0.6 is 0 Å². The van der Waals surface area contributed by atoms with Crippen molar-refractivity contribution in [1.29, 1.82) is 0 Å². The third-order valence-electron chi connectivity index (χ3n) is 9.84. The minimum atomic E-state index is -0.829. The van der Waals surface area contributed by atoms with Gasteiger partial charge in [-0.2, -0.15) is 0 Å². The first-order valence-electron chi connectivity index (χ1n) is 11.3. The first kappa shape index (κ1) is 18.7. The van der Waals surface area contributed by atoms with Gasteiger partial charge in [0.25, 0.3) is 0 Å². The summed E-state index contributed by atoms with van der Waals surface area (Å²) in [5.41, 5.74) is 0.235. The molecule has 0 amide bonds. The van der Waals surface area contributed by atoms with Gasteiger partial charge < -0.3 is 14.2 Å². The molecule has 6 rings (SSSR count). The average Bonchev–Trinajstić information content (AvgIpc) is 3.34. The van der Waals surface area contributed by atoms with Gasteiger partial charge in [-0.15, -0.1) is 0 Å². The number of epoxide rings is 1. The molecule has 2 heterocycles. The molecule has 29 heavy (non-hydrogen) atoms. The Labute approximate surface area is 172 Å². The molecule has 2 aliphatic heterocycles. The molecular weight excluding hydrogens is 368 g/mol. The molecule has 4 aliphatic carbocycles. The van der Waals surface area contributed by atoms with Gasteiger partial charge in [0.05, 0.1) is 6.10 Å². The van der Waals surface area contributed by atoms with Gasteiger partial charge in [-0.1, -0.05) is 19.4 Å². The zero-order valence-corrected chi connectivity index (χ0v) is 18.1. The largest absolute Gasteiger partial charge is 0.360 e. The molecule has 0 aromatic carbocycles. The van der Waals surface area contributed by atoms with Gasteiger partial charge in [0, 0.05) is 10.8 Å². The number of carbonyl (C=O) groups is 2. The molecule has 2 saturated heterocycles. The van der Waals surface area contributed by atoms with E-state index < -0.39 is 11.4 Å². The molecular formula is C24H32O5. The second kappa shape index (κ2) is 5.23. The zero-order chi connectivity index (χ0) is 20.6. The zero-order valence-electron chi connectivity index (χ0n) is 18.1. The van der Waals surface area contributed by atoms with Crippen molar-refractivity contribution in [2.75, 3.05) is 0 Å². The lowest BCUT2D eigenvalue weighted by molar-refractivity contribution is -0.214. The number of Topliss-reactive ketones (excluding diaryl/α,β-unsaturated/α-hetero) is 1. The molecule has 0 radical (unpaired) electrons. The van der Waals surface area contributed by atoms with Gasteiger partial charge in [-0.25, -0.2) is 0 Å². The molecule has 0 N–H and O–H groups in total. The maximum Gasteiger partial charge on any atom is 0.187 e. The standard InChI is InChI=1S/C24H32O5/c1-12(25)24-18(28-21(2,3)29-24)11-16-14-7-6-13-10-17(26)19-20(27-19)23(13,5)15(14)8-9-22(16,24)4/h10,14-16,18-20H,6-9,11H2,1-5H3/t14-,15+,16+,18-,19?,20?,22+,23+,24-/m1/s1. The van der Waals surface area contributed by atoms with E-state index in [4.69, 9.17) is 14.2 Å². The highest BCUT2D eigenvalue weighted by molar-refractivity contribution is 5.98. The number of fused-ring (bicyclic) bond motifs is 9. The second-order valence-corrected chi connectivity index (χ2v) is 11.3. The monoisotopic (exact) mass is 400 g/mol. The number of hydrogen-bond donors (Lipinski definition) is 0. The molecule has 0 aromatic heterocycles. The summed E-state index contributed by atoms with van der Waals surface area (Å²) in [5, 5.41) is 0. The molecule has 3 saturated carbocycles. The summed E-state index contributed by atoms with van der Waals surface area (Å²) in [4.78, 5) is 25.3. The third-order valence-corrected chi connectivity index (χ3v) is 9.84. The van der Waals surface area contributed by atoms with E-state index in [9.17, 15) is 9.59 Å². The maximum absolute atomic E-state index is 13.1. The molecule has 0 aromatic rings. The van der Waals surface area contributed by atoms with E-state index in [2.05, 4.69) is 13.8 Å². The molecule has 6 aliphatic rings. The van der Waals surface area contributed by atoms with E-state index >= 15 is 0 Å². The van der Waals surface area contributed by atoms with Crippen LogP contribution in [-0.2, 0) is 23.8 Å². The van der Waals surface area contributed by atoms with E-state index in [-0.39, 0.29) is 40.7 Å². The highest BCUT2D eigenvalue weighted by Gasteiger charge is 2.76. The smallest absolute Gasteiger partial charge is 0.187 e. The Morgan fingerprint density at radius 3 is 2.62 bits per heavy atom. The topological polar surface area (TPSA) is 65.1 Å². The Hall–Kier alpha value is -1.04. The predicted octanol–water partition coefficient (Wildman–Crippen LogP) is 3.59. The van der Waals surface area contributed by atoms with Crippen LogP contribution < -0.4 is 0 Å². The van der Waals surface area contributed by atoms with E-state index in [0.717, 1.165) is 32.1 Å². The van der Waals surface area contributed by atoms with Crippen molar-refractivity contribution < 1.29 is 23.8 Å². The number of ketones is 2. The summed E-state index contributed by atoms with van der Waals surface area (Å²) in [7, 11) is 0. The minimum Gasteiger partial charge on any atom is -0.360 e. The average molecular weight is 401 g/mol. The van der Waals surface area contributed by atoms with Crippen LogP contribution in [0.25, 0.3) is 0 Å². The van der Waals surface area contributed by atoms with E-state index in [1.54, 1.807) is 6.92 Å². The lowest BCUT2D eigenvalue weighted by atomic mass is 9.46. The van der Waals surface area contributed by atoms with Crippen LogP contribution in [0.4, 0.5) is 0 Å². The molecule has 5 nitrogen and oxygen atoms in total. The van der Waals surface area contributed by atoms with Crippen LogP contribution in [0.5, 0.6) is 0 Å². The highest BCUT2D eigenvalue weighted by Crippen LogP contribution is 2.71. The summed E-state index contributed by atoms with van der Waals surface area (Å²) < 4.78 is 18.7. The number of hydrogen-bond acceptors (Lipinski definition) is 5. The van der Waals surface area contributed by atoms with Crippen LogP contribution in [0, 0.1) is 28.6 Å². The van der Waals surface area contributed by atoms with Gasteiger partial charge in [-0.05, 0) is 76.7 Å². The Morgan fingerprint density at radius 1 is 1.14 bits per heavy atom. The Balaban J connectivity index is 1.41. The number of carbonyl (C=O) groups excluding carboxylic acids is 2. The van der Waals surface area contributed by atoms with Gasteiger partial charge in [0.2, 0.25) is 0 Å². The fraction of sp³-hybridized carbons (Fsp3) is 0.833. The van der Waals surface area contributed by atoms with Crippen molar-refractivity contribution in [2.24, 2.45) is 28.6 Å². The molecule has 9 atom stereocenters. The summed E-state index contributed by atoms with van der Waals surface area (Å²) in [5.74, 6) is 0.989. The van der Waals surface area contributed by atoms with E-state index in [0.29, 0.717) is 17.8 Å². The van der Waals surface area contributed by atoms with E-state index in [1.807, 2.05) is 19.9 Å². The lowest BCUT2D eigenvalue weighted by Crippen LogP contribution is -2.60. The first-order valence-corrected chi connectivity index (χ1v) is 11.3. The molecule has 158 valence electrons. The Kier molecular flexibility index (Phi) is 3.37. The summed E-state index contributed by atoms with van der Waals surface area (Å²) >= 11 is 0. The molecule has 5 heteroatoms. The van der Waals surface area contributed by atoms with E-state index in [1.165, 1.54) is 5.57 Å². The fourth-order valence-electron chi connectivity index (χ4n) is 8.67. The Bertz CT molecular complexity index is 859. The third kappa shape index (κ3) is 1.99. The quantitative estimate of drug-likeness (QED) is 0.630. The molecule has 2 unspecified atom stereocenters. The fourth-order valence-corrected chi connectivity index (χ4v) is 8.67. The molecule has 0 spiro atoms. The van der Waals surface area contributed by atoms with Crippen molar-refractivity contribution in [3.8, 4) is 0 Å². The summed E-state index contributed by atoms with van der Waals surface area (Å²) in [6.07, 6.45) is 6.54. The van der Waals surface area contributed by atoms with Crippen LogP contribution in [0.3, 0.4) is 0 Å². The van der Waals surface area contributed by atoms with Crippen molar-refractivity contribution in [3.05, 3.63) is 11.6 Å². The van der Waals surface area contributed by atoms with Crippen molar-refractivity contribution in [2.45, 2.75) is 96.4 Å².